The van der Waals surface area contributed by atoms with Crippen LogP contribution in [0.25, 0.3) is 5.65 Å². The fraction of sp³-hybridized carbons (Fsp3) is 0.200. The van der Waals surface area contributed by atoms with Crippen molar-refractivity contribution in [2.75, 3.05) is 12.4 Å². The first kappa shape index (κ1) is 17.8. The Balaban J connectivity index is 1.70. The molecule has 26 heavy (non-hydrogen) atoms. The van der Waals surface area contributed by atoms with E-state index >= 15 is 0 Å². The van der Waals surface area contributed by atoms with Gasteiger partial charge in [-0.1, -0.05) is 33.9 Å². The standard InChI is InChI=1S/C15H16N6O4S/c1-16-26(24,25)10-12-4-2-11(3-5-12)8-17-13-6-7-14-18-9-15(21(22)23)20(14)19-13/h2-7,9,16H,8,10H2,1H3,(H,17,19). The van der Waals surface area contributed by atoms with Crippen molar-refractivity contribution < 1.29 is 13.3 Å². The number of fused-ring (bicyclic) bond motifs is 1. The van der Waals surface area contributed by atoms with Gasteiger partial charge < -0.3 is 15.4 Å². The number of benzene rings is 1. The van der Waals surface area contributed by atoms with Crippen LogP contribution in [0, 0.1) is 10.1 Å². The molecule has 2 aromatic heterocycles. The lowest BCUT2D eigenvalue weighted by Crippen LogP contribution is -2.20. The fourth-order valence-electron chi connectivity index (χ4n) is 2.32. The summed E-state index contributed by atoms with van der Waals surface area (Å²) in [6.45, 7) is 0.431. The van der Waals surface area contributed by atoms with Gasteiger partial charge in [0.05, 0.1) is 5.75 Å². The van der Waals surface area contributed by atoms with Crippen molar-refractivity contribution in [3.8, 4) is 0 Å². The predicted molar refractivity (Wildman–Crippen MR) is 95.1 cm³/mol. The summed E-state index contributed by atoms with van der Waals surface area (Å²) in [6.07, 6.45) is 1.16. The van der Waals surface area contributed by atoms with Crippen LogP contribution in [-0.2, 0) is 22.3 Å². The maximum atomic E-state index is 11.5. The molecule has 0 saturated heterocycles. The molecule has 10 nitrogen and oxygen atoms in total. The molecule has 3 rings (SSSR count). The number of anilines is 1. The van der Waals surface area contributed by atoms with E-state index in [-0.39, 0.29) is 11.6 Å². The number of sulfonamides is 1. The third-order valence-electron chi connectivity index (χ3n) is 3.70. The second-order valence-electron chi connectivity index (χ2n) is 5.50. The zero-order valence-electron chi connectivity index (χ0n) is 13.8. The van der Waals surface area contributed by atoms with E-state index in [2.05, 4.69) is 20.1 Å². The van der Waals surface area contributed by atoms with E-state index in [1.807, 2.05) is 12.1 Å². The molecule has 0 spiro atoms. The SMILES string of the molecule is CNS(=O)(=O)Cc1ccc(CNc2ccc3ncc([N+](=O)[O-])n3n2)cc1. The van der Waals surface area contributed by atoms with E-state index in [1.165, 1.54) is 7.05 Å². The van der Waals surface area contributed by atoms with Crippen molar-refractivity contribution >= 4 is 27.3 Å². The van der Waals surface area contributed by atoms with Crippen molar-refractivity contribution in [1.82, 2.24) is 19.3 Å². The highest BCUT2D eigenvalue weighted by molar-refractivity contribution is 7.88. The Bertz CT molecular complexity index is 1050. The number of hydrogen-bond acceptors (Lipinski definition) is 7. The number of hydrogen-bond donors (Lipinski definition) is 2. The van der Waals surface area contributed by atoms with Crippen LogP contribution in [0.1, 0.15) is 11.1 Å². The lowest BCUT2D eigenvalue weighted by atomic mass is 10.1. The van der Waals surface area contributed by atoms with Crippen LogP contribution in [0.15, 0.2) is 42.6 Å². The summed E-state index contributed by atoms with van der Waals surface area (Å²) in [4.78, 5) is 14.3. The maximum Gasteiger partial charge on any atom is 0.368 e. The molecule has 0 radical (unpaired) electrons. The third-order valence-corrected chi connectivity index (χ3v) is 5.03. The highest BCUT2D eigenvalue weighted by atomic mass is 32.2. The van der Waals surface area contributed by atoms with Gasteiger partial charge in [0.2, 0.25) is 15.7 Å². The summed E-state index contributed by atoms with van der Waals surface area (Å²) in [5, 5.41) is 18.2. The minimum Gasteiger partial charge on any atom is -0.363 e. The summed E-state index contributed by atoms with van der Waals surface area (Å²) in [7, 11) is -1.93. The first-order valence-electron chi connectivity index (χ1n) is 7.60. The second-order valence-corrected chi connectivity index (χ2v) is 7.42. The smallest absolute Gasteiger partial charge is 0.363 e. The monoisotopic (exact) mass is 376 g/mol. The van der Waals surface area contributed by atoms with Crippen molar-refractivity contribution in [1.29, 1.82) is 0 Å². The highest BCUT2D eigenvalue weighted by Gasteiger charge is 2.15. The van der Waals surface area contributed by atoms with Crippen LogP contribution in [-0.4, -0.2) is 35.0 Å². The molecule has 2 N–H and O–H groups in total. The minimum atomic E-state index is -3.31. The van der Waals surface area contributed by atoms with Crippen LogP contribution >= 0.6 is 0 Å². The van der Waals surface area contributed by atoms with Crippen molar-refractivity contribution in [3.63, 3.8) is 0 Å². The van der Waals surface area contributed by atoms with E-state index in [0.29, 0.717) is 23.6 Å². The Kier molecular flexibility index (Phi) is 4.82. The second kappa shape index (κ2) is 7.06. The summed E-state index contributed by atoms with van der Waals surface area (Å²) >= 11 is 0. The maximum absolute atomic E-state index is 11.5. The van der Waals surface area contributed by atoms with Crippen LogP contribution < -0.4 is 10.0 Å². The summed E-state index contributed by atoms with van der Waals surface area (Å²) in [6, 6.07) is 10.4. The first-order valence-corrected chi connectivity index (χ1v) is 9.25. The predicted octanol–water partition coefficient (Wildman–Crippen LogP) is 1.30. The van der Waals surface area contributed by atoms with Gasteiger partial charge in [0.25, 0.3) is 0 Å². The zero-order chi connectivity index (χ0) is 18.7. The molecule has 0 aliphatic carbocycles. The lowest BCUT2D eigenvalue weighted by Gasteiger charge is -2.06. The molecule has 0 saturated carbocycles. The molecule has 3 aromatic rings. The van der Waals surface area contributed by atoms with Gasteiger partial charge >= 0.3 is 5.82 Å². The van der Waals surface area contributed by atoms with Gasteiger partial charge in [0.15, 0.2) is 5.82 Å². The molecule has 0 aliphatic rings. The Morgan fingerprint density at radius 2 is 1.85 bits per heavy atom. The Morgan fingerprint density at radius 1 is 1.15 bits per heavy atom. The number of rotatable bonds is 7. The van der Waals surface area contributed by atoms with Gasteiger partial charge in [-0.2, -0.15) is 0 Å². The van der Waals surface area contributed by atoms with Crippen LogP contribution in [0.5, 0.6) is 0 Å². The average Bonchev–Trinajstić information content (AvgIpc) is 3.04. The molecule has 1 aromatic carbocycles. The lowest BCUT2D eigenvalue weighted by molar-refractivity contribution is -0.391. The zero-order valence-corrected chi connectivity index (χ0v) is 14.6. The Hall–Kier alpha value is -3.05. The fourth-order valence-corrected chi connectivity index (χ4v) is 3.09. The van der Waals surface area contributed by atoms with Gasteiger partial charge in [-0.25, -0.2) is 18.1 Å². The molecular weight excluding hydrogens is 360 g/mol. The van der Waals surface area contributed by atoms with Gasteiger partial charge in [0.1, 0.15) is 6.20 Å². The number of nitrogens with one attached hydrogen (secondary N) is 2. The molecule has 0 bridgehead atoms. The molecule has 0 fully saturated rings. The van der Waals surface area contributed by atoms with E-state index in [1.54, 1.807) is 24.3 Å². The molecule has 2 heterocycles. The van der Waals surface area contributed by atoms with Crippen LogP contribution in [0.3, 0.4) is 0 Å². The number of imidazole rings is 1. The largest absolute Gasteiger partial charge is 0.368 e. The minimum absolute atomic E-state index is 0.0836. The van der Waals surface area contributed by atoms with E-state index in [4.69, 9.17) is 0 Å². The van der Waals surface area contributed by atoms with Crippen molar-refractivity contribution in [2.24, 2.45) is 0 Å². The van der Waals surface area contributed by atoms with E-state index in [0.717, 1.165) is 16.3 Å². The molecule has 0 unspecified atom stereocenters. The molecule has 11 heteroatoms. The average molecular weight is 376 g/mol. The van der Waals surface area contributed by atoms with Crippen molar-refractivity contribution in [3.05, 3.63) is 63.8 Å². The number of nitro groups is 1. The molecule has 0 aliphatic heterocycles. The first-order chi connectivity index (χ1) is 12.4. The highest BCUT2D eigenvalue weighted by Crippen LogP contribution is 2.15. The van der Waals surface area contributed by atoms with E-state index in [9.17, 15) is 18.5 Å². The third kappa shape index (κ3) is 3.95. The van der Waals surface area contributed by atoms with Gasteiger partial charge in [-0.15, -0.1) is 0 Å². The van der Waals surface area contributed by atoms with Crippen LogP contribution in [0.4, 0.5) is 11.6 Å². The normalized spacial score (nSPS) is 11.6. The Labute approximate surface area is 149 Å². The van der Waals surface area contributed by atoms with Gasteiger partial charge in [-0.3, -0.25) is 0 Å². The molecule has 0 atom stereocenters. The van der Waals surface area contributed by atoms with E-state index < -0.39 is 14.9 Å². The summed E-state index contributed by atoms with van der Waals surface area (Å²) < 4.78 is 26.5. The molecule has 136 valence electrons. The molecular formula is C15H16N6O4S. The number of aromatic nitrogens is 3. The van der Waals surface area contributed by atoms with Gasteiger partial charge in [0, 0.05) is 12.6 Å². The summed E-state index contributed by atoms with van der Waals surface area (Å²) in [5.74, 6) is 0.166. The quantitative estimate of drug-likeness (QED) is 0.469. The van der Waals surface area contributed by atoms with Gasteiger partial charge in [-0.05, 0) is 29.2 Å². The van der Waals surface area contributed by atoms with Crippen molar-refractivity contribution in [2.45, 2.75) is 12.3 Å². The Morgan fingerprint density at radius 3 is 2.50 bits per heavy atom. The number of nitrogens with zero attached hydrogens (tertiary/aromatic N) is 4. The van der Waals surface area contributed by atoms with Crippen LogP contribution in [0.2, 0.25) is 0 Å². The topological polar surface area (TPSA) is 132 Å². The summed E-state index contributed by atoms with van der Waals surface area (Å²) in [5.41, 5.74) is 1.98. The molecule has 0 amide bonds.